The minimum Gasteiger partial charge on any atom is -0.493 e. The Hall–Kier alpha value is -1.46. The number of amides is 1. The van der Waals surface area contributed by atoms with Gasteiger partial charge in [-0.2, -0.15) is 0 Å². The molecule has 1 aromatic heterocycles. The molecule has 0 atom stereocenters. The van der Waals surface area contributed by atoms with E-state index in [0.29, 0.717) is 23.9 Å². The van der Waals surface area contributed by atoms with Gasteiger partial charge in [-0.05, 0) is 23.8 Å². The van der Waals surface area contributed by atoms with Gasteiger partial charge >= 0.3 is 0 Å². The third-order valence-electron chi connectivity index (χ3n) is 3.16. The lowest BCUT2D eigenvalue weighted by Gasteiger charge is -2.10. The Morgan fingerprint density at radius 2 is 2.30 bits per heavy atom. The second-order valence-corrected chi connectivity index (χ2v) is 5.92. The van der Waals surface area contributed by atoms with Crippen LogP contribution in [0.1, 0.15) is 21.6 Å². The van der Waals surface area contributed by atoms with E-state index in [-0.39, 0.29) is 5.91 Å². The lowest BCUT2D eigenvalue weighted by Crippen LogP contribution is -2.23. The molecule has 2 heterocycles. The number of hydrogen-bond acceptors (Lipinski definition) is 2. The molecule has 0 spiro atoms. The van der Waals surface area contributed by atoms with E-state index in [1.807, 2.05) is 6.07 Å². The maximum atomic E-state index is 12.0. The number of halogens is 2. The molecule has 0 saturated heterocycles. The van der Waals surface area contributed by atoms with Crippen LogP contribution < -0.4 is 10.1 Å². The summed E-state index contributed by atoms with van der Waals surface area (Å²) < 4.78 is 6.62. The van der Waals surface area contributed by atoms with E-state index >= 15 is 0 Å². The maximum absolute atomic E-state index is 12.0. The number of aromatic nitrogens is 1. The molecule has 1 aromatic carbocycles. The summed E-state index contributed by atoms with van der Waals surface area (Å²) in [5, 5.41) is 3.37. The van der Waals surface area contributed by atoms with E-state index in [0.717, 1.165) is 22.2 Å². The number of carbonyl (C=O) groups excluding carboxylic acids is 1. The maximum Gasteiger partial charge on any atom is 0.268 e. The molecule has 1 amide bonds. The lowest BCUT2D eigenvalue weighted by atomic mass is 10.1. The first kappa shape index (κ1) is 13.5. The van der Waals surface area contributed by atoms with Crippen molar-refractivity contribution in [3.8, 4) is 5.75 Å². The number of carbonyl (C=O) groups is 1. The van der Waals surface area contributed by atoms with Gasteiger partial charge in [0.1, 0.15) is 11.4 Å². The highest BCUT2D eigenvalue weighted by Gasteiger charge is 2.18. The van der Waals surface area contributed by atoms with Gasteiger partial charge in [0.2, 0.25) is 0 Å². The van der Waals surface area contributed by atoms with Crippen LogP contribution in [-0.4, -0.2) is 17.5 Å². The quantitative estimate of drug-likeness (QED) is 0.887. The summed E-state index contributed by atoms with van der Waals surface area (Å²) in [6, 6.07) is 5.61. The largest absolute Gasteiger partial charge is 0.493 e. The molecule has 1 aliphatic heterocycles. The van der Waals surface area contributed by atoms with Crippen LogP contribution >= 0.6 is 27.5 Å². The highest BCUT2D eigenvalue weighted by atomic mass is 79.9. The fourth-order valence-electron chi connectivity index (χ4n) is 2.25. The van der Waals surface area contributed by atoms with Crippen molar-refractivity contribution in [1.29, 1.82) is 0 Å². The van der Waals surface area contributed by atoms with Gasteiger partial charge < -0.3 is 15.0 Å². The van der Waals surface area contributed by atoms with E-state index in [9.17, 15) is 4.79 Å². The molecule has 0 unspecified atom stereocenters. The van der Waals surface area contributed by atoms with Gasteiger partial charge in [0.05, 0.1) is 11.6 Å². The Kier molecular flexibility index (Phi) is 3.72. The number of rotatable bonds is 3. The van der Waals surface area contributed by atoms with Gasteiger partial charge in [-0.15, -0.1) is 0 Å². The SMILES string of the molecule is O=C(NCc1cc(Br)cc2c1OCC2)c1cc(Cl)c[nH]1. The molecule has 2 N–H and O–H groups in total. The predicted octanol–water partition coefficient (Wildman–Crippen LogP) is 3.30. The number of nitrogens with one attached hydrogen (secondary N) is 2. The highest BCUT2D eigenvalue weighted by molar-refractivity contribution is 9.10. The fourth-order valence-corrected chi connectivity index (χ4v) is 2.96. The molecule has 6 heteroatoms. The Bertz CT molecular complexity index is 669. The van der Waals surface area contributed by atoms with E-state index < -0.39 is 0 Å². The number of H-pyrrole nitrogens is 1. The monoisotopic (exact) mass is 354 g/mol. The predicted molar refractivity (Wildman–Crippen MR) is 80.3 cm³/mol. The Morgan fingerprint density at radius 3 is 3.05 bits per heavy atom. The number of hydrogen-bond donors (Lipinski definition) is 2. The van der Waals surface area contributed by atoms with Crippen LogP contribution in [0.5, 0.6) is 5.75 Å². The molecule has 4 nitrogen and oxygen atoms in total. The molecule has 0 saturated carbocycles. The standard InChI is InChI=1S/C14H12BrClN2O2/c15-10-3-8-1-2-20-13(8)9(4-10)6-18-14(19)12-5-11(16)7-17-12/h3-5,7,17H,1-2,6H2,(H,18,19). The zero-order chi connectivity index (χ0) is 14.1. The molecular formula is C14H12BrClN2O2. The summed E-state index contributed by atoms with van der Waals surface area (Å²) in [5.74, 6) is 0.696. The summed E-state index contributed by atoms with van der Waals surface area (Å²) in [4.78, 5) is 14.8. The fraction of sp³-hybridized carbons (Fsp3) is 0.214. The van der Waals surface area contributed by atoms with Crippen molar-refractivity contribution >= 4 is 33.4 Å². The second kappa shape index (κ2) is 5.50. The number of benzene rings is 1. The van der Waals surface area contributed by atoms with Crippen LogP contribution in [0.15, 0.2) is 28.9 Å². The first-order valence-corrected chi connectivity index (χ1v) is 7.37. The van der Waals surface area contributed by atoms with Crippen molar-refractivity contribution in [3.05, 3.63) is 50.7 Å². The normalized spacial score (nSPS) is 12.9. The summed E-state index contributed by atoms with van der Waals surface area (Å²) in [6.07, 6.45) is 2.48. The second-order valence-electron chi connectivity index (χ2n) is 4.57. The van der Waals surface area contributed by atoms with Crippen molar-refractivity contribution in [3.63, 3.8) is 0 Å². The molecule has 20 heavy (non-hydrogen) atoms. The molecule has 3 rings (SSSR count). The zero-order valence-electron chi connectivity index (χ0n) is 10.5. The van der Waals surface area contributed by atoms with Crippen molar-refractivity contribution in [1.82, 2.24) is 10.3 Å². The van der Waals surface area contributed by atoms with Gasteiger partial charge in [-0.3, -0.25) is 4.79 Å². The summed E-state index contributed by atoms with van der Waals surface area (Å²) >= 11 is 9.26. The Morgan fingerprint density at radius 1 is 1.45 bits per heavy atom. The first-order chi connectivity index (χ1) is 9.63. The molecule has 104 valence electrons. The number of fused-ring (bicyclic) bond motifs is 1. The first-order valence-electron chi connectivity index (χ1n) is 6.19. The van der Waals surface area contributed by atoms with Gasteiger partial charge in [0.15, 0.2) is 0 Å². The average molecular weight is 356 g/mol. The lowest BCUT2D eigenvalue weighted by molar-refractivity contribution is 0.0946. The van der Waals surface area contributed by atoms with Crippen LogP contribution in [0.4, 0.5) is 0 Å². The van der Waals surface area contributed by atoms with Crippen molar-refractivity contribution in [2.75, 3.05) is 6.61 Å². The van der Waals surface area contributed by atoms with Crippen LogP contribution in [0.2, 0.25) is 5.02 Å². The summed E-state index contributed by atoms with van der Waals surface area (Å²) in [7, 11) is 0. The van der Waals surface area contributed by atoms with Gasteiger partial charge in [0, 0.05) is 29.2 Å². The van der Waals surface area contributed by atoms with Crippen LogP contribution in [0.25, 0.3) is 0 Å². The third kappa shape index (κ3) is 2.69. The summed E-state index contributed by atoms with van der Waals surface area (Å²) in [6.45, 7) is 1.11. The molecule has 0 fully saturated rings. The average Bonchev–Trinajstić information content (AvgIpc) is 3.03. The minimum atomic E-state index is -0.191. The molecule has 0 aliphatic carbocycles. The Balaban J connectivity index is 1.74. The summed E-state index contributed by atoms with van der Waals surface area (Å²) in [5.41, 5.74) is 2.59. The Labute approximate surface area is 129 Å². The van der Waals surface area contributed by atoms with Crippen molar-refractivity contribution in [2.45, 2.75) is 13.0 Å². The zero-order valence-corrected chi connectivity index (χ0v) is 12.8. The minimum absolute atomic E-state index is 0.191. The van der Waals surface area contributed by atoms with E-state index in [4.69, 9.17) is 16.3 Å². The number of aromatic amines is 1. The molecule has 0 bridgehead atoms. The molecule has 0 radical (unpaired) electrons. The van der Waals surface area contributed by atoms with E-state index in [2.05, 4.69) is 32.3 Å². The third-order valence-corrected chi connectivity index (χ3v) is 3.83. The van der Waals surface area contributed by atoms with Crippen LogP contribution in [-0.2, 0) is 13.0 Å². The van der Waals surface area contributed by atoms with Gasteiger partial charge in [-0.25, -0.2) is 0 Å². The van der Waals surface area contributed by atoms with Crippen LogP contribution in [0, 0.1) is 0 Å². The topological polar surface area (TPSA) is 54.1 Å². The smallest absolute Gasteiger partial charge is 0.268 e. The highest BCUT2D eigenvalue weighted by Crippen LogP contribution is 2.32. The molecule has 2 aromatic rings. The van der Waals surface area contributed by atoms with Crippen LogP contribution in [0.3, 0.4) is 0 Å². The van der Waals surface area contributed by atoms with Crippen molar-refractivity contribution < 1.29 is 9.53 Å². The van der Waals surface area contributed by atoms with Crippen molar-refractivity contribution in [2.24, 2.45) is 0 Å². The van der Waals surface area contributed by atoms with E-state index in [1.54, 1.807) is 12.3 Å². The molecule has 1 aliphatic rings. The van der Waals surface area contributed by atoms with Gasteiger partial charge in [0.25, 0.3) is 5.91 Å². The van der Waals surface area contributed by atoms with E-state index in [1.165, 1.54) is 5.56 Å². The number of ether oxygens (including phenoxy) is 1. The van der Waals surface area contributed by atoms with Gasteiger partial charge in [-0.1, -0.05) is 27.5 Å². The molecular weight excluding hydrogens is 344 g/mol.